The van der Waals surface area contributed by atoms with Crippen molar-refractivity contribution in [3.63, 3.8) is 0 Å². The largest absolute Gasteiger partial charge is 0.126 e. The molecule has 2 heteroatoms. The molecular formula is C8H10BrCl. The molecule has 0 saturated heterocycles. The quantitative estimate of drug-likeness (QED) is 0.598. The number of hydrogen-bond donors (Lipinski definition) is 0. The summed E-state index contributed by atoms with van der Waals surface area (Å²) in [5, 5.41) is 0. The monoisotopic (exact) mass is 220 g/mol. The maximum atomic E-state index is 5.94. The molecule has 0 aromatic rings. The predicted molar refractivity (Wildman–Crippen MR) is 45.6 cm³/mol. The van der Waals surface area contributed by atoms with Crippen LogP contribution in [-0.4, -0.2) is 10.2 Å². The van der Waals surface area contributed by atoms with Crippen LogP contribution in [0.3, 0.4) is 0 Å². The van der Waals surface area contributed by atoms with Crippen molar-refractivity contribution < 1.29 is 0 Å². The molecule has 0 radical (unpaired) electrons. The van der Waals surface area contributed by atoms with Crippen LogP contribution in [0, 0.1) is 17.3 Å². The summed E-state index contributed by atoms with van der Waals surface area (Å²) in [6.07, 6.45) is 4.30. The second-order valence-corrected chi connectivity index (χ2v) is 5.56. The van der Waals surface area contributed by atoms with E-state index in [4.69, 9.17) is 11.6 Å². The van der Waals surface area contributed by atoms with Crippen molar-refractivity contribution in [1.82, 2.24) is 0 Å². The maximum Gasteiger partial charge on any atom is 0.0400 e. The van der Waals surface area contributed by atoms with E-state index in [-0.39, 0.29) is 0 Å². The van der Waals surface area contributed by atoms with E-state index in [1.54, 1.807) is 0 Å². The van der Waals surface area contributed by atoms with Crippen LogP contribution in [0.1, 0.15) is 19.3 Å². The first kappa shape index (κ1) is 6.30. The van der Waals surface area contributed by atoms with Crippen LogP contribution in [0.5, 0.6) is 0 Å². The van der Waals surface area contributed by atoms with Crippen molar-refractivity contribution in [2.24, 2.45) is 17.3 Å². The zero-order valence-electron chi connectivity index (χ0n) is 5.74. The van der Waals surface area contributed by atoms with Crippen molar-refractivity contribution in [2.75, 3.05) is 5.88 Å². The Morgan fingerprint density at radius 3 is 2.30 bits per heavy atom. The number of alkyl halides is 2. The third kappa shape index (κ3) is 0.352. The summed E-state index contributed by atoms with van der Waals surface area (Å²) in [5.41, 5.74) is 0.590. The summed E-state index contributed by atoms with van der Waals surface area (Å²) in [6.45, 7) is 0. The average Bonchev–Trinajstić information content (AvgIpc) is 2.75. The molecule has 0 spiro atoms. The molecule has 0 aromatic carbocycles. The standard InChI is InChI=1S/C8H10BrCl/c9-8-5-2-1-3-6(8)7(5,8)4-10/h5-6H,1-4H2. The molecule has 3 aliphatic rings. The second kappa shape index (κ2) is 1.45. The van der Waals surface area contributed by atoms with E-state index in [0.29, 0.717) is 9.74 Å². The van der Waals surface area contributed by atoms with Crippen LogP contribution in [0.25, 0.3) is 0 Å². The smallest absolute Gasteiger partial charge is 0.0400 e. The highest BCUT2D eigenvalue weighted by Crippen LogP contribution is 2.95. The number of fused-ring (bicyclic) bond motifs is 2. The predicted octanol–water partition coefficient (Wildman–Crippen LogP) is 2.79. The van der Waals surface area contributed by atoms with E-state index in [0.717, 1.165) is 17.7 Å². The Labute approximate surface area is 74.4 Å². The van der Waals surface area contributed by atoms with Crippen LogP contribution in [-0.2, 0) is 0 Å². The molecule has 3 aliphatic carbocycles. The Balaban J connectivity index is 1.96. The van der Waals surface area contributed by atoms with Gasteiger partial charge < -0.3 is 0 Å². The topological polar surface area (TPSA) is 0 Å². The molecule has 0 nitrogen and oxygen atoms in total. The normalized spacial score (nSPS) is 69.0. The van der Waals surface area contributed by atoms with Gasteiger partial charge in [-0.1, -0.05) is 22.4 Å². The summed E-state index contributed by atoms with van der Waals surface area (Å²) in [7, 11) is 0. The van der Waals surface area contributed by atoms with E-state index >= 15 is 0 Å². The van der Waals surface area contributed by atoms with Crippen molar-refractivity contribution in [3.8, 4) is 0 Å². The van der Waals surface area contributed by atoms with E-state index in [1.807, 2.05) is 0 Å². The summed E-state index contributed by atoms with van der Waals surface area (Å²) >= 11 is 9.78. The fraction of sp³-hybridized carbons (Fsp3) is 1.00. The van der Waals surface area contributed by atoms with Gasteiger partial charge in [-0.05, 0) is 24.7 Å². The molecule has 2 unspecified atom stereocenters. The van der Waals surface area contributed by atoms with Gasteiger partial charge in [0.25, 0.3) is 0 Å². The van der Waals surface area contributed by atoms with Crippen molar-refractivity contribution in [2.45, 2.75) is 23.6 Å². The minimum Gasteiger partial charge on any atom is -0.126 e. The van der Waals surface area contributed by atoms with Crippen LogP contribution < -0.4 is 0 Å². The third-order valence-corrected chi connectivity index (χ3v) is 6.30. The van der Waals surface area contributed by atoms with Gasteiger partial charge in [0, 0.05) is 15.6 Å². The van der Waals surface area contributed by atoms with Crippen molar-refractivity contribution >= 4 is 27.5 Å². The summed E-state index contributed by atoms with van der Waals surface area (Å²) in [6, 6.07) is 0. The van der Waals surface area contributed by atoms with Crippen LogP contribution in [0.2, 0.25) is 0 Å². The molecule has 3 rings (SSSR count). The van der Waals surface area contributed by atoms with E-state index in [9.17, 15) is 0 Å². The molecule has 0 amide bonds. The van der Waals surface area contributed by atoms with E-state index < -0.39 is 0 Å². The summed E-state index contributed by atoms with van der Waals surface area (Å²) in [5.74, 6) is 2.81. The molecule has 3 fully saturated rings. The first-order valence-electron chi connectivity index (χ1n) is 4.03. The molecule has 0 bridgehead atoms. The Bertz CT molecular complexity index is 189. The van der Waals surface area contributed by atoms with Gasteiger partial charge in [0.1, 0.15) is 0 Å². The van der Waals surface area contributed by atoms with Crippen molar-refractivity contribution in [1.29, 1.82) is 0 Å². The SMILES string of the molecule is ClCC12C3CCCC1C32Br. The van der Waals surface area contributed by atoms with Crippen molar-refractivity contribution in [3.05, 3.63) is 0 Å². The van der Waals surface area contributed by atoms with E-state index in [1.165, 1.54) is 19.3 Å². The first-order valence-corrected chi connectivity index (χ1v) is 5.36. The lowest BCUT2D eigenvalue weighted by Crippen LogP contribution is -2.20. The fourth-order valence-corrected chi connectivity index (χ4v) is 5.89. The zero-order chi connectivity index (χ0) is 6.98. The Kier molecular flexibility index (Phi) is 0.914. The lowest BCUT2D eigenvalue weighted by atomic mass is 9.83. The third-order valence-electron chi connectivity index (χ3n) is 4.01. The van der Waals surface area contributed by atoms with Gasteiger partial charge in [0.05, 0.1) is 0 Å². The molecule has 2 atom stereocenters. The lowest BCUT2D eigenvalue weighted by molar-refractivity contribution is 0.295. The van der Waals surface area contributed by atoms with E-state index in [2.05, 4.69) is 15.9 Å². The lowest BCUT2D eigenvalue weighted by Gasteiger charge is -2.24. The van der Waals surface area contributed by atoms with Gasteiger partial charge in [-0.15, -0.1) is 11.6 Å². The Hall–Kier alpha value is 0.770. The molecule has 0 aromatic heterocycles. The van der Waals surface area contributed by atoms with Gasteiger partial charge >= 0.3 is 0 Å². The number of hydrogen-bond acceptors (Lipinski definition) is 0. The molecular weight excluding hydrogens is 211 g/mol. The van der Waals surface area contributed by atoms with Crippen LogP contribution in [0.4, 0.5) is 0 Å². The van der Waals surface area contributed by atoms with Gasteiger partial charge in [-0.25, -0.2) is 0 Å². The number of rotatable bonds is 1. The molecule has 3 saturated carbocycles. The van der Waals surface area contributed by atoms with Gasteiger partial charge in [0.2, 0.25) is 0 Å². The molecule has 10 heavy (non-hydrogen) atoms. The fourth-order valence-electron chi connectivity index (χ4n) is 3.39. The summed E-state index contributed by atoms with van der Waals surface area (Å²) in [4.78, 5) is 0. The molecule has 56 valence electrons. The first-order chi connectivity index (χ1) is 4.78. The van der Waals surface area contributed by atoms with Gasteiger partial charge in [-0.2, -0.15) is 0 Å². The van der Waals surface area contributed by atoms with Crippen LogP contribution >= 0.6 is 27.5 Å². The van der Waals surface area contributed by atoms with Crippen LogP contribution in [0.15, 0.2) is 0 Å². The highest BCUT2D eigenvalue weighted by atomic mass is 79.9. The zero-order valence-corrected chi connectivity index (χ0v) is 8.08. The molecule has 0 heterocycles. The number of halogens is 2. The molecule has 0 N–H and O–H groups in total. The maximum absolute atomic E-state index is 5.94. The summed E-state index contributed by atoms with van der Waals surface area (Å²) < 4.78 is 0.556. The Morgan fingerprint density at radius 1 is 1.40 bits per heavy atom. The van der Waals surface area contributed by atoms with Gasteiger partial charge in [-0.3, -0.25) is 0 Å². The Morgan fingerprint density at radius 2 is 2.00 bits per heavy atom. The van der Waals surface area contributed by atoms with Gasteiger partial charge in [0.15, 0.2) is 0 Å². The minimum absolute atomic E-state index is 0.556. The highest BCUT2D eigenvalue weighted by Gasteiger charge is 2.96. The average molecular weight is 222 g/mol. The molecule has 0 aliphatic heterocycles. The highest BCUT2D eigenvalue weighted by molar-refractivity contribution is 9.10. The minimum atomic E-state index is 0.556. The second-order valence-electron chi connectivity index (χ2n) is 3.98.